The molecular weight excluding hydrogens is 341 g/mol. The zero-order valence-corrected chi connectivity index (χ0v) is 15.3. The molecule has 1 aromatic rings. The first-order valence-corrected chi connectivity index (χ1v) is 9.22. The summed E-state index contributed by atoms with van der Waals surface area (Å²) in [5, 5.41) is 11.1. The highest BCUT2D eigenvalue weighted by Gasteiger charge is 2.45. The number of ether oxygens (including phenoxy) is 1. The van der Waals surface area contributed by atoms with Crippen LogP contribution in [0, 0.1) is 0 Å². The minimum atomic E-state index is -0.654. The lowest BCUT2D eigenvalue weighted by molar-refractivity contribution is -0.133. The number of alkyl halides is 1. The van der Waals surface area contributed by atoms with Crippen LogP contribution in [0.3, 0.4) is 0 Å². The van der Waals surface area contributed by atoms with Crippen LogP contribution in [-0.2, 0) is 22.7 Å². The Morgan fingerprint density at radius 2 is 2.08 bits per heavy atom. The van der Waals surface area contributed by atoms with Gasteiger partial charge in [-0.1, -0.05) is 13.8 Å². The molecule has 1 fully saturated rings. The summed E-state index contributed by atoms with van der Waals surface area (Å²) in [6.07, 6.45) is 2.25. The number of hydrogen-bond donors (Lipinski definition) is 1. The van der Waals surface area contributed by atoms with Crippen LogP contribution in [0.2, 0.25) is 0 Å². The maximum absolute atomic E-state index is 12.6. The lowest BCUT2D eigenvalue weighted by Crippen LogP contribution is -2.46. The predicted molar refractivity (Wildman–Crippen MR) is 91.2 cm³/mol. The summed E-state index contributed by atoms with van der Waals surface area (Å²) >= 11 is 0. The highest BCUT2D eigenvalue weighted by Crippen LogP contribution is 2.32. The monoisotopic (exact) mass is 367 g/mol. The number of likely N-dealkylation sites (tertiary alicyclic amines) is 1. The van der Waals surface area contributed by atoms with Crippen molar-refractivity contribution >= 4 is 11.8 Å². The van der Waals surface area contributed by atoms with Gasteiger partial charge >= 0.3 is 0 Å². The number of rotatable bonds is 6. The quantitative estimate of drug-likeness (QED) is 0.812. The third kappa shape index (κ3) is 3.58. The van der Waals surface area contributed by atoms with E-state index in [-0.39, 0.29) is 36.7 Å². The molecule has 1 unspecified atom stereocenters. The number of nitrogens with zero attached hydrogens (tertiary/aromatic N) is 4. The van der Waals surface area contributed by atoms with Crippen LogP contribution in [-0.4, -0.2) is 62.9 Å². The fourth-order valence-electron chi connectivity index (χ4n) is 3.61. The van der Waals surface area contributed by atoms with Gasteiger partial charge in [-0.3, -0.25) is 14.0 Å². The first kappa shape index (κ1) is 18.8. The Morgan fingerprint density at radius 1 is 1.31 bits per heavy atom. The van der Waals surface area contributed by atoms with E-state index in [0.717, 1.165) is 12.8 Å². The van der Waals surface area contributed by atoms with Gasteiger partial charge in [0, 0.05) is 12.6 Å². The number of aromatic nitrogens is 3. The molecule has 26 heavy (non-hydrogen) atoms. The van der Waals surface area contributed by atoms with E-state index in [9.17, 15) is 14.0 Å². The van der Waals surface area contributed by atoms with Gasteiger partial charge in [-0.15, -0.1) is 10.2 Å². The molecule has 3 rings (SSSR count). The van der Waals surface area contributed by atoms with Gasteiger partial charge < -0.3 is 19.5 Å². The smallest absolute Gasteiger partial charge is 0.289 e. The summed E-state index contributed by atoms with van der Waals surface area (Å²) in [6, 6.07) is 0.101. The van der Waals surface area contributed by atoms with Gasteiger partial charge in [0.15, 0.2) is 5.82 Å². The number of fused-ring (bicyclic) bond motifs is 1. The van der Waals surface area contributed by atoms with Crippen LogP contribution in [0.5, 0.6) is 0 Å². The predicted octanol–water partition coefficient (Wildman–Crippen LogP) is 1.06. The molecule has 0 aromatic carbocycles. The second-order valence-electron chi connectivity index (χ2n) is 6.99. The van der Waals surface area contributed by atoms with Gasteiger partial charge in [0.1, 0.15) is 12.2 Å². The van der Waals surface area contributed by atoms with Gasteiger partial charge in [-0.05, 0) is 19.3 Å². The molecule has 0 radical (unpaired) electrons. The topological polar surface area (TPSA) is 89.4 Å². The average molecular weight is 367 g/mol. The van der Waals surface area contributed by atoms with Gasteiger partial charge in [-0.25, -0.2) is 0 Å². The lowest BCUT2D eigenvalue weighted by Gasteiger charge is -2.34. The van der Waals surface area contributed by atoms with Crippen molar-refractivity contribution in [1.82, 2.24) is 25.0 Å². The molecule has 0 saturated carbocycles. The van der Waals surface area contributed by atoms with E-state index in [1.165, 1.54) is 0 Å². The Hall–Kier alpha value is -2.03. The first-order chi connectivity index (χ1) is 12.5. The van der Waals surface area contributed by atoms with Crippen molar-refractivity contribution in [3.05, 3.63) is 11.6 Å². The molecule has 3 heterocycles. The SMILES string of the molecule is CCC(CC)NC(=O)c1nnc2n1CC1(CCN(C(=O)CCF)C1)OC2. The normalized spacial score (nSPS) is 22.1. The number of amides is 2. The summed E-state index contributed by atoms with van der Waals surface area (Å²) < 4.78 is 20.2. The van der Waals surface area contributed by atoms with E-state index in [2.05, 4.69) is 15.5 Å². The molecule has 1 aromatic heterocycles. The Labute approximate surface area is 152 Å². The number of halogens is 1. The molecule has 9 heteroatoms. The Kier molecular flexibility index (Phi) is 5.55. The summed E-state index contributed by atoms with van der Waals surface area (Å²) in [5.41, 5.74) is -0.564. The van der Waals surface area contributed by atoms with Crippen molar-refractivity contribution < 1.29 is 18.7 Å². The number of carbonyl (C=O) groups is 2. The number of nitrogens with one attached hydrogen (secondary N) is 1. The van der Waals surface area contributed by atoms with Gasteiger partial charge in [0.2, 0.25) is 11.7 Å². The first-order valence-electron chi connectivity index (χ1n) is 9.22. The molecule has 0 aliphatic carbocycles. The molecule has 1 atom stereocenters. The van der Waals surface area contributed by atoms with E-state index in [1.54, 1.807) is 9.47 Å². The molecule has 1 spiro atoms. The molecule has 2 aliphatic heterocycles. The third-order valence-corrected chi connectivity index (χ3v) is 5.28. The largest absolute Gasteiger partial charge is 0.363 e. The average Bonchev–Trinajstić information content (AvgIpc) is 3.24. The molecule has 2 amide bonds. The van der Waals surface area contributed by atoms with Crippen molar-refractivity contribution in [3.63, 3.8) is 0 Å². The van der Waals surface area contributed by atoms with Gasteiger partial charge in [0.05, 0.1) is 26.2 Å². The summed E-state index contributed by atoms with van der Waals surface area (Å²) in [7, 11) is 0. The Balaban J connectivity index is 1.73. The highest BCUT2D eigenvalue weighted by molar-refractivity contribution is 5.91. The molecule has 2 aliphatic rings. The maximum Gasteiger partial charge on any atom is 0.289 e. The van der Waals surface area contributed by atoms with Crippen LogP contribution in [0.1, 0.15) is 56.0 Å². The van der Waals surface area contributed by atoms with Crippen molar-refractivity contribution in [2.24, 2.45) is 0 Å². The van der Waals surface area contributed by atoms with Crippen LogP contribution < -0.4 is 5.32 Å². The van der Waals surface area contributed by atoms with E-state index >= 15 is 0 Å². The van der Waals surface area contributed by atoms with Crippen LogP contribution in [0.15, 0.2) is 0 Å². The fourth-order valence-corrected chi connectivity index (χ4v) is 3.61. The van der Waals surface area contributed by atoms with E-state index in [4.69, 9.17) is 4.74 Å². The maximum atomic E-state index is 12.6. The van der Waals surface area contributed by atoms with Crippen molar-refractivity contribution in [3.8, 4) is 0 Å². The van der Waals surface area contributed by atoms with Gasteiger partial charge in [0.25, 0.3) is 5.91 Å². The van der Waals surface area contributed by atoms with E-state index in [1.807, 2.05) is 13.8 Å². The molecule has 8 nitrogen and oxygen atoms in total. The van der Waals surface area contributed by atoms with Crippen molar-refractivity contribution in [2.75, 3.05) is 19.8 Å². The summed E-state index contributed by atoms with van der Waals surface area (Å²) in [4.78, 5) is 26.2. The third-order valence-electron chi connectivity index (χ3n) is 5.28. The van der Waals surface area contributed by atoms with Crippen molar-refractivity contribution in [2.45, 2.75) is 64.3 Å². The molecule has 0 bridgehead atoms. The zero-order valence-electron chi connectivity index (χ0n) is 15.3. The summed E-state index contributed by atoms with van der Waals surface area (Å²) in [5.74, 6) is 0.453. The number of hydrogen-bond acceptors (Lipinski definition) is 5. The van der Waals surface area contributed by atoms with Crippen LogP contribution >= 0.6 is 0 Å². The highest BCUT2D eigenvalue weighted by atomic mass is 19.1. The summed E-state index contributed by atoms with van der Waals surface area (Å²) in [6.45, 7) is 4.99. The van der Waals surface area contributed by atoms with E-state index in [0.29, 0.717) is 31.9 Å². The second kappa shape index (κ2) is 7.69. The zero-order chi connectivity index (χ0) is 18.7. The van der Waals surface area contributed by atoms with Crippen molar-refractivity contribution in [1.29, 1.82) is 0 Å². The minimum Gasteiger partial charge on any atom is -0.363 e. The van der Waals surface area contributed by atoms with E-state index < -0.39 is 12.3 Å². The fraction of sp³-hybridized carbons (Fsp3) is 0.765. The minimum absolute atomic E-state index is 0.100. The molecule has 1 N–H and O–H groups in total. The Bertz CT molecular complexity index is 675. The Morgan fingerprint density at radius 3 is 2.77 bits per heavy atom. The van der Waals surface area contributed by atoms with Gasteiger partial charge in [-0.2, -0.15) is 0 Å². The van der Waals surface area contributed by atoms with Crippen LogP contribution in [0.25, 0.3) is 0 Å². The lowest BCUT2D eigenvalue weighted by atomic mass is 10.0. The number of carbonyl (C=O) groups excluding carboxylic acids is 2. The standard InChI is InChI=1S/C17H26FN5O3/c1-3-12(4-2)19-16(25)15-21-20-13-9-26-17(11-23(13)15)6-8-22(10-17)14(24)5-7-18/h12H,3-11H2,1-2H3,(H,19,25). The second-order valence-corrected chi connectivity index (χ2v) is 6.99. The molecule has 144 valence electrons. The molecule has 1 saturated heterocycles. The molecular formula is C17H26FN5O3. The van der Waals surface area contributed by atoms with Crippen LogP contribution in [0.4, 0.5) is 4.39 Å².